The number of nitrogens with one attached hydrogen (secondary N) is 1. The third kappa shape index (κ3) is 3.80. The first-order valence-corrected chi connectivity index (χ1v) is 2.58. The van der Waals surface area contributed by atoms with Gasteiger partial charge in [0.25, 0.3) is 0 Å². The molecule has 0 bridgehead atoms. The molecule has 0 spiro atoms. The molecule has 52 valence electrons. The fraction of sp³-hybridized carbons (Fsp3) is 0.667. The van der Waals surface area contributed by atoms with E-state index in [4.69, 9.17) is 10.8 Å². The third-order valence-electron chi connectivity index (χ3n) is 0.693. The largest absolute Gasteiger partial charge is 0.480 e. The molecule has 0 aliphatic carbocycles. The van der Waals surface area contributed by atoms with E-state index < -0.39 is 12.0 Å². The van der Waals surface area contributed by atoms with Crippen molar-refractivity contribution in [1.29, 1.82) is 0 Å². The quantitative estimate of drug-likeness (QED) is 0.429. The van der Waals surface area contributed by atoms with Gasteiger partial charge in [-0.1, -0.05) is 0 Å². The fourth-order valence-electron chi connectivity index (χ4n) is 0.223. The van der Waals surface area contributed by atoms with E-state index in [-0.39, 0.29) is 6.54 Å². The summed E-state index contributed by atoms with van der Waals surface area (Å²) in [6, 6.07) is -0.934. The van der Waals surface area contributed by atoms with Crippen LogP contribution < -0.4 is 11.2 Å². The zero-order chi connectivity index (χ0) is 7.28. The van der Waals surface area contributed by atoms with E-state index >= 15 is 0 Å². The lowest BCUT2D eigenvalue weighted by Gasteiger charge is -2.02. The Hall–Kier alpha value is -0.750. The van der Waals surface area contributed by atoms with Gasteiger partial charge in [0.05, 0.1) is 19.0 Å². The van der Waals surface area contributed by atoms with Crippen LogP contribution in [0.3, 0.4) is 0 Å². The third-order valence-corrected chi connectivity index (χ3v) is 0.822. The Morgan fingerprint density at radius 1 is 2.00 bits per heavy atom. The molecular formula is C3H7N3O2S. The molecule has 6 heteroatoms. The van der Waals surface area contributed by atoms with E-state index in [1.165, 1.54) is 0 Å². The first-order chi connectivity index (χ1) is 4.18. The molecule has 0 saturated carbocycles. The van der Waals surface area contributed by atoms with Gasteiger partial charge in [-0.05, 0) is 0 Å². The summed E-state index contributed by atoms with van der Waals surface area (Å²) in [5, 5.41) is 8.17. The van der Waals surface area contributed by atoms with Gasteiger partial charge >= 0.3 is 5.97 Å². The maximum atomic E-state index is 9.96. The van der Waals surface area contributed by atoms with Gasteiger partial charge in [0.2, 0.25) is 0 Å². The van der Waals surface area contributed by atoms with Crippen LogP contribution >= 0.6 is 0 Å². The van der Waals surface area contributed by atoms with Gasteiger partial charge in [0, 0.05) is 0 Å². The maximum Gasteiger partial charge on any atom is 0.322 e. The minimum absolute atomic E-state index is 0.0683. The van der Waals surface area contributed by atoms with Crippen LogP contribution in [0.2, 0.25) is 0 Å². The van der Waals surface area contributed by atoms with Crippen molar-refractivity contribution in [2.24, 2.45) is 10.2 Å². The number of carboxylic acids is 1. The number of hydrogen-bond acceptors (Lipinski definition) is 4. The van der Waals surface area contributed by atoms with Crippen molar-refractivity contribution in [3.05, 3.63) is 0 Å². The fourth-order valence-corrected chi connectivity index (χ4v) is 0.297. The number of nitrogens with zero attached hydrogens (tertiary/aromatic N) is 1. The van der Waals surface area contributed by atoms with Gasteiger partial charge in [0.15, 0.2) is 0 Å². The molecule has 1 unspecified atom stereocenters. The number of nitrogens with two attached hydrogens (primary N) is 1. The Morgan fingerprint density at radius 2 is 2.56 bits per heavy atom. The number of rotatable bonds is 4. The van der Waals surface area contributed by atoms with Gasteiger partial charge in [-0.15, -0.1) is 4.47 Å². The molecule has 1 atom stereocenters. The van der Waals surface area contributed by atoms with Crippen LogP contribution in [0.25, 0.3) is 0 Å². The lowest BCUT2D eigenvalue weighted by molar-refractivity contribution is -0.138. The van der Waals surface area contributed by atoms with Crippen LogP contribution in [-0.4, -0.2) is 23.7 Å². The maximum absolute atomic E-state index is 9.96. The highest BCUT2D eigenvalue weighted by Crippen LogP contribution is 1.73. The molecule has 4 N–H and O–H groups in total. The van der Waals surface area contributed by atoms with Crippen molar-refractivity contribution < 1.29 is 9.90 Å². The molecule has 9 heavy (non-hydrogen) atoms. The number of carbonyl (C=O) groups is 1. The minimum Gasteiger partial charge on any atom is -0.480 e. The summed E-state index contributed by atoms with van der Waals surface area (Å²) in [5.41, 5.74) is 7.30. The first-order valence-electron chi connectivity index (χ1n) is 2.22. The molecule has 0 heterocycles. The van der Waals surface area contributed by atoms with E-state index in [2.05, 4.69) is 22.3 Å². The highest BCUT2D eigenvalue weighted by molar-refractivity contribution is 7.47. The van der Waals surface area contributed by atoms with Crippen molar-refractivity contribution in [2.75, 3.05) is 6.54 Å². The highest BCUT2D eigenvalue weighted by Gasteiger charge is 2.08. The molecule has 0 aromatic heterocycles. The molecule has 0 aromatic carbocycles. The van der Waals surface area contributed by atoms with Crippen LogP contribution in [0.4, 0.5) is 0 Å². The second kappa shape index (κ2) is 4.16. The molecule has 0 rings (SSSR count). The molecule has 5 nitrogen and oxygen atoms in total. The first kappa shape index (κ1) is 8.25. The van der Waals surface area contributed by atoms with E-state index in [1.54, 1.807) is 0 Å². The molecule has 0 amide bonds. The molecule has 0 radical (unpaired) electrons. The van der Waals surface area contributed by atoms with Crippen LogP contribution in [0.15, 0.2) is 4.47 Å². The van der Waals surface area contributed by atoms with Crippen molar-refractivity contribution in [2.45, 2.75) is 6.04 Å². The van der Waals surface area contributed by atoms with Crippen LogP contribution in [0.5, 0.6) is 0 Å². The van der Waals surface area contributed by atoms with E-state index in [0.717, 1.165) is 0 Å². The Labute approximate surface area is 57.4 Å². The van der Waals surface area contributed by atoms with E-state index in [0.29, 0.717) is 0 Å². The topological polar surface area (TPSA) is 87.7 Å². The monoisotopic (exact) mass is 149 g/mol. The second-order valence-electron chi connectivity index (χ2n) is 1.40. The van der Waals surface area contributed by atoms with Crippen LogP contribution in [0, 0.1) is 0 Å². The van der Waals surface area contributed by atoms with Gasteiger partial charge in [-0.25, -0.2) is 0 Å². The van der Waals surface area contributed by atoms with Crippen LogP contribution in [-0.2, 0) is 17.2 Å². The molecule has 0 aromatic rings. The average molecular weight is 149 g/mol. The smallest absolute Gasteiger partial charge is 0.322 e. The summed E-state index contributed by atoms with van der Waals surface area (Å²) >= 11 is 4.12. The lowest BCUT2D eigenvalue weighted by Crippen LogP contribution is -2.38. The predicted molar refractivity (Wildman–Crippen MR) is 33.4 cm³/mol. The molecule has 0 aliphatic heterocycles. The number of carboxylic acid groups (broad SMARTS) is 1. The summed E-state index contributed by atoms with van der Waals surface area (Å²) in [4.78, 5) is 9.96. The predicted octanol–water partition coefficient (Wildman–Crippen LogP) is -1.37. The Kier molecular flexibility index (Phi) is 3.81. The molecule has 0 saturated heterocycles. The van der Waals surface area contributed by atoms with Crippen molar-refractivity contribution in [1.82, 2.24) is 5.43 Å². The molecular weight excluding hydrogens is 142 g/mol. The average Bonchev–Trinajstić information content (AvgIpc) is 1.82. The summed E-state index contributed by atoms with van der Waals surface area (Å²) in [5.74, 6) is -1.07. The zero-order valence-electron chi connectivity index (χ0n) is 4.57. The number of aliphatic carboxylic acids is 1. The molecule has 0 aliphatic rings. The standard InChI is InChI=1S/C3H7N3O2S/c4-2(3(7)8)1-5-6-9/h2H,1,4H2,(H,5,9)(H,7,8). The second-order valence-corrected chi connectivity index (χ2v) is 1.58. The lowest BCUT2D eigenvalue weighted by atomic mass is 10.3. The summed E-state index contributed by atoms with van der Waals surface area (Å²) < 4.78 is 3.05. The zero-order valence-corrected chi connectivity index (χ0v) is 5.39. The highest BCUT2D eigenvalue weighted by atomic mass is 32.1. The number of hydrogen-bond donors (Lipinski definition) is 3. The Balaban J connectivity index is 3.37. The Bertz CT molecular complexity index is 118. The summed E-state index contributed by atoms with van der Waals surface area (Å²) in [6.07, 6.45) is 0. The summed E-state index contributed by atoms with van der Waals surface area (Å²) in [6.45, 7) is 0.0683. The van der Waals surface area contributed by atoms with Crippen molar-refractivity contribution in [3.63, 3.8) is 0 Å². The van der Waals surface area contributed by atoms with Gasteiger partial charge < -0.3 is 10.8 Å². The van der Waals surface area contributed by atoms with E-state index in [1.807, 2.05) is 0 Å². The van der Waals surface area contributed by atoms with Gasteiger partial charge in [-0.2, -0.15) is 0 Å². The van der Waals surface area contributed by atoms with E-state index in [9.17, 15) is 4.79 Å². The van der Waals surface area contributed by atoms with Gasteiger partial charge in [0.1, 0.15) is 6.04 Å². The molecule has 0 fully saturated rings. The van der Waals surface area contributed by atoms with Gasteiger partial charge in [-0.3, -0.25) is 10.2 Å². The van der Waals surface area contributed by atoms with Crippen molar-refractivity contribution in [3.8, 4) is 0 Å². The van der Waals surface area contributed by atoms with Crippen LogP contribution in [0.1, 0.15) is 0 Å². The minimum atomic E-state index is -1.07. The van der Waals surface area contributed by atoms with Crippen molar-refractivity contribution >= 4 is 18.4 Å². The Morgan fingerprint density at radius 3 is 2.89 bits per heavy atom. The summed E-state index contributed by atoms with van der Waals surface area (Å²) in [7, 11) is 0. The normalized spacial score (nSPS) is 12.1. The SMILES string of the molecule is NC(CNN=S)C(=O)O.